The Morgan fingerprint density at radius 3 is 2.58 bits per heavy atom. The maximum Gasteiger partial charge on any atom is 0.309 e. The molecule has 2 bridgehead atoms. The number of fused-ring (bicyclic) bond motifs is 2. The lowest BCUT2D eigenvalue weighted by molar-refractivity contribution is -0.154. The average molecular weight is 369 g/mol. The van der Waals surface area contributed by atoms with Crippen molar-refractivity contribution in [3.63, 3.8) is 0 Å². The predicted molar refractivity (Wildman–Crippen MR) is 101 cm³/mol. The quantitative estimate of drug-likeness (QED) is 0.742. The van der Waals surface area contributed by atoms with Crippen LogP contribution in [-0.2, 0) is 20.9 Å². The van der Waals surface area contributed by atoms with Gasteiger partial charge in [-0.1, -0.05) is 36.2 Å². The van der Waals surface area contributed by atoms with E-state index in [0.29, 0.717) is 18.6 Å². The summed E-state index contributed by atoms with van der Waals surface area (Å²) >= 11 is 1.56. The second kappa shape index (κ2) is 7.31. The van der Waals surface area contributed by atoms with Crippen LogP contribution in [0.3, 0.4) is 0 Å². The van der Waals surface area contributed by atoms with Gasteiger partial charge in [0.15, 0.2) is 0 Å². The molecule has 4 rings (SSSR count). The summed E-state index contributed by atoms with van der Waals surface area (Å²) in [5.74, 6) is 0.236. The first kappa shape index (κ1) is 17.4. The number of hydrogen-bond donors (Lipinski definition) is 0. The van der Waals surface area contributed by atoms with Crippen molar-refractivity contribution in [3.8, 4) is 10.6 Å². The van der Waals surface area contributed by atoms with Crippen LogP contribution in [0.5, 0.6) is 0 Å². The largest absolute Gasteiger partial charge is 0.459 e. The van der Waals surface area contributed by atoms with E-state index in [1.807, 2.05) is 5.38 Å². The number of Topliss-reactive ketones (excluding diaryl/α,β-unsaturated/α-hetero) is 1. The van der Waals surface area contributed by atoms with Crippen LogP contribution in [-0.4, -0.2) is 16.7 Å². The van der Waals surface area contributed by atoms with Crippen molar-refractivity contribution in [1.29, 1.82) is 0 Å². The summed E-state index contributed by atoms with van der Waals surface area (Å²) in [7, 11) is 0. The van der Waals surface area contributed by atoms with Gasteiger partial charge in [0.05, 0.1) is 11.6 Å². The molecule has 26 heavy (non-hydrogen) atoms. The third-order valence-corrected chi connectivity index (χ3v) is 6.53. The molecular weight excluding hydrogens is 346 g/mol. The molecule has 5 heteroatoms. The minimum atomic E-state index is -0.167. The van der Waals surface area contributed by atoms with Crippen LogP contribution in [0.1, 0.15) is 43.4 Å². The van der Waals surface area contributed by atoms with Crippen molar-refractivity contribution in [3.05, 3.63) is 40.9 Å². The molecule has 2 unspecified atom stereocenters. The number of carbonyl (C=O) groups is 2. The number of aromatic nitrogens is 1. The Bertz CT molecular complexity index is 795. The highest BCUT2D eigenvalue weighted by Crippen LogP contribution is 2.40. The molecular formula is C21H23NO3S. The highest BCUT2D eigenvalue weighted by atomic mass is 32.1. The number of carbonyl (C=O) groups excluding carboxylic acids is 2. The Balaban J connectivity index is 1.35. The molecule has 0 N–H and O–H groups in total. The minimum Gasteiger partial charge on any atom is -0.459 e. The molecule has 0 radical (unpaired) electrons. The van der Waals surface area contributed by atoms with Crippen LogP contribution < -0.4 is 0 Å². The molecule has 1 heterocycles. The second-order valence-electron chi connectivity index (χ2n) is 7.51. The van der Waals surface area contributed by atoms with Crippen molar-refractivity contribution in [2.75, 3.05) is 0 Å². The van der Waals surface area contributed by atoms with Crippen molar-refractivity contribution in [2.45, 2.75) is 45.6 Å². The van der Waals surface area contributed by atoms with Crippen molar-refractivity contribution >= 4 is 23.1 Å². The smallest absolute Gasteiger partial charge is 0.309 e. The third-order valence-electron chi connectivity index (χ3n) is 5.59. The maximum absolute atomic E-state index is 12.5. The van der Waals surface area contributed by atoms with E-state index in [0.717, 1.165) is 35.5 Å². The molecule has 0 saturated heterocycles. The van der Waals surface area contributed by atoms with Gasteiger partial charge in [-0.15, -0.1) is 11.3 Å². The monoisotopic (exact) mass is 369 g/mol. The number of ether oxygens (including phenoxy) is 1. The summed E-state index contributed by atoms with van der Waals surface area (Å²) in [6.45, 7) is 2.27. The van der Waals surface area contributed by atoms with E-state index < -0.39 is 0 Å². The lowest BCUT2D eigenvalue weighted by Gasteiger charge is -2.36. The van der Waals surface area contributed by atoms with Gasteiger partial charge in [-0.25, -0.2) is 4.98 Å². The van der Waals surface area contributed by atoms with Crippen molar-refractivity contribution in [2.24, 2.45) is 17.8 Å². The first-order valence-corrected chi connectivity index (χ1v) is 10.2. The molecule has 2 aliphatic carbocycles. The Kier molecular flexibility index (Phi) is 4.90. The van der Waals surface area contributed by atoms with Gasteiger partial charge >= 0.3 is 5.97 Å². The van der Waals surface area contributed by atoms with Crippen molar-refractivity contribution < 1.29 is 14.3 Å². The van der Waals surface area contributed by atoms with E-state index in [2.05, 4.69) is 36.2 Å². The predicted octanol–water partition coefficient (Wildman–Crippen LogP) is 4.56. The van der Waals surface area contributed by atoms with E-state index in [1.54, 1.807) is 11.3 Å². The molecule has 2 aliphatic rings. The number of ketones is 1. The summed E-state index contributed by atoms with van der Waals surface area (Å²) in [4.78, 5) is 29.2. The number of rotatable bonds is 4. The highest BCUT2D eigenvalue weighted by Gasteiger charge is 2.41. The van der Waals surface area contributed by atoms with Gasteiger partial charge in [0.2, 0.25) is 0 Å². The van der Waals surface area contributed by atoms with Gasteiger partial charge in [-0.2, -0.15) is 0 Å². The zero-order valence-corrected chi connectivity index (χ0v) is 15.8. The SMILES string of the molecule is Cc1ccc(-c2nc(COC(=O)C3CC4CCCC(C3)C4=O)cs2)cc1. The standard InChI is InChI=1S/C21H23NO3S/c1-13-5-7-14(8-6-13)20-22-18(12-26-20)11-25-21(24)17-9-15-3-2-4-16(10-17)19(15)23/h5-8,12,15-17H,2-4,9-11H2,1H3. The summed E-state index contributed by atoms with van der Waals surface area (Å²) in [5, 5.41) is 2.88. The van der Waals surface area contributed by atoms with Crippen LogP contribution in [0.15, 0.2) is 29.6 Å². The summed E-state index contributed by atoms with van der Waals surface area (Å²) < 4.78 is 5.53. The van der Waals surface area contributed by atoms with Gasteiger partial charge in [0.25, 0.3) is 0 Å². The van der Waals surface area contributed by atoms with Crippen LogP contribution in [0.4, 0.5) is 0 Å². The first-order chi connectivity index (χ1) is 12.6. The Labute approximate surface area is 157 Å². The number of thiazole rings is 1. The van der Waals surface area contributed by atoms with Gasteiger partial charge in [-0.05, 0) is 32.6 Å². The fourth-order valence-electron chi connectivity index (χ4n) is 4.14. The lowest BCUT2D eigenvalue weighted by atomic mass is 9.67. The zero-order valence-electron chi connectivity index (χ0n) is 14.9. The maximum atomic E-state index is 12.5. The number of aryl methyl sites for hydroxylation is 1. The van der Waals surface area contributed by atoms with Gasteiger partial charge in [-0.3, -0.25) is 9.59 Å². The van der Waals surface area contributed by atoms with Gasteiger partial charge < -0.3 is 4.74 Å². The molecule has 2 atom stereocenters. The fourth-order valence-corrected chi connectivity index (χ4v) is 4.95. The molecule has 0 aliphatic heterocycles. The van der Waals surface area contributed by atoms with Crippen LogP contribution in [0.2, 0.25) is 0 Å². The van der Waals surface area contributed by atoms with E-state index in [4.69, 9.17) is 4.74 Å². The number of nitrogens with zero attached hydrogens (tertiary/aromatic N) is 1. The number of esters is 1. The first-order valence-electron chi connectivity index (χ1n) is 9.32. The summed E-state index contributed by atoms with van der Waals surface area (Å²) in [6.07, 6.45) is 4.32. The molecule has 2 aromatic rings. The van der Waals surface area contributed by atoms with Crippen LogP contribution in [0.25, 0.3) is 10.6 Å². The Morgan fingerprint density at radius 2 is 1.88 bits per heavy atom. The molecule has 0 amide bonds. The summed E-state index contributed by atoms with van der Waals surface area (Å²) in [6, 6.07) is 8.25. The van der Waals surface area contributed by atoms with Crippen LogP contribution >= 0.6 is 11.3 Å². The average Bonchev–Trinajstić information content (AvgIpc) is 3.09. The molecule has 136 valence electrons. The lowest BCUT2D eigenvalue weighted by Crippen LogP contribution is -2.39. The minimum absolute atomic E-state index is 0.0764. The van der Waals surface area contributed by atoms with E-state index in [1.165, 1.54) is 5.56 Å². The fraction of sp³-hybridized carbons (Fsp3) is 0.476. The number of benzene rings is 1. The molecule has 2 saturated carbocycles. The molecule has 1 aromatic heterocycles. The zero-order chi connectivity index (χ0) is 18.1. The third kappa shape index (κ3) is 3.58. The molecule has 4 nitrogen and oxygen atoms in total. The Morgan fingerprint density at radius 1 is 1.19 bits per heavy atom. The normalized spacial score (nSPS) is 25.1. The second-order valence-corrected chi connectivity index (χ2v) is 8.37. The van der Waals surface area contributed by atoms with E-state index in [9.17, 15) is 9.59 Å². The number of hydrogen-bond acceptors (Lipinski definition) is 5. The molecule has 2 fully saturated rings. The molecule has 1 aromatic carbocycles. The van der Waals surface area contributed by atoms with E-state index in [-0.39, 0.29) is 30.3 Å². The Hall–Kier alpha value is -2.01. The van der Waals surface area contributed by atoms with E-state index >= 15 is 0 Å². The van der Waals surface area contributed by atoms with Gasteiger partial charge in [0.1, 0.15) is 17.4 Å². The molecule has 0 spiro atoms. The topological polar surface area (TPSA) is 56.3 Å². The highest BCUT2D eigenvalue weighted by molar-refractivity contribution is 7.13. The summed E-state index contributed by atoms with van der Waals surface area (Å²) in [5.41, 5.74) is 3.08. The van der Waals surface area contributed by atoms with Crippen LogP contribution in [0, 0.1) is 24.7 Å². The van der Waals surface area contributed by atoms with Gasteiger partial charge in [0, 0.05) is 22.8 Å². The van der Waals surface area contributed by atoms with Crippen molar-refractivity contribution in [1.82, 2.24) is 4.98 Å².